The fourth-order valence-electron chi connectivity index (χ4n) is 1.46. The summed E-state index contributed by atoms with van der Waals surface area (Å²) in [5.74, 6) is 2.64. The Kier molecular flexibility index (Phi) is 1.68. The van der Waals surface area contributed by atoms with Gasteiger partial charge in [0.25, 0.3) is 0 Å². The maximum absolute atomic E-state index is 5.81. The van der Waals surface area contributed by atoms with E-state index in [2.05, 4.69) is 5.92 Å². The Bertz CT molecular complexity index is 492. The van der Waals surface area contributed by atoms with E-state index in [4.69, 9.17) is 12.2 Å². The van der Waals surface area contributed by atoms with Crippen LogP contribution in [0.15, 0.2) is 36.4 Å². The minimum absolute atomic E-state index is 0.773. The monoisotopic (exact) mass is 167 g/mol. The van der Waals surface area contributed by atoms with Crippen LogP contribution in [0.2, 0.25) is 0 Å². The number of terminal acetylenes is 1. The highest BCUT2D eigenvalue weighted by Crippen LogP contribution is 2.23. The van der Waals surface area contributed by atoms with Gasteiger partial charge in [-0.1, -0.05) is 30.2 Å². The molecule has 0 saturated heterocycles. The molecule has 0 spiro atoms. The van der Waals surface area contributed by atoms with E-state index in [9.17, 15) is 0 Å². The molecule has 0 amide bonds. The molecule has 2 aromatic rings. The normalized spacial score (nSPS) is 9.77. The van der Waals surface area contributed by atoms with Gasteiger partial charge in [-0.25, -0.2) is 0 Å². The van der Waals surface area contributed by atoms with Gasteiger partial charge in [-0.15, -0.1) is 6.42 Å². The number of rotatable bonds is 0. The van der Waals surface area contributed by atoms with E-state index < -0.39 is 0 Å². The summed E-state index contributed by atoms with van der Waals surface area (Å²) in [6.07, 6.45) is 5.38. The molecule has 2 rings (SSSR count). The van der Waals surface area contributed by atoms with Crippen LogP contribution in [-0.4, -0.2) is 0 Å². The minimum Gasteiger partial charge on any atom is -0.398 e. The van der Waals surface area contributed by atoms with Gasteiger partial charge < -0.3 is 5.73 Å². The average molecular weight is 167 g/mol. The molecule has 0 aliphatic carbocycles. The number of benzene rings is 2. The number of nitrogens with two attached hydrogens (primary N) is 1. The largest absolute Gasteiger partial charge is 0.398 e. The summed E-state index contributed by atoms with van der Waals surface area (Å²) >= 11 is 0. The van der Waals surface area contributed by atoms with Gasteiger partial charge in [-0.3, -0.25) is 0 Å². The van der Waals surface area contributed by atoms with E-state index >= 15 is 0 Å². The SMILES string of the molecule is C#Cc1cccc2c(N)cccc12. The molecule has 0 heterocycles. The van der Waals surface area contributed by atoms with Crippen molar-refractivity contribution in [2.24, 2.45) is 0 Å². The first kappa shape index (κ1) is 7.70. The first-order chi connectivity index (χ1) is 6.33. The Labute approximate surface area is 77.2 Å². The Morgan fingerprint density at radius 3 is 2.46 bits per heavy atom. The maximum atomic E-state index is 5.81. The Hall–Kier alpha value is -1.94. The van der Waals surface area contributed by atoms with E-state index in [1.807, 2.05) is 36.4 Å². The zero-order valence-electron chi connectivity index (χ0n) is 7.12. The summed E-state index contributed by atoms with van der Waals surface area (Å²) in [7, 11) is 0. The first-order valence-corrected chi connectivity index (χ1v) is 4.07. The fraction of sp³-hybridized carbons (Fsp3) is 0. The molecule has 0 fully saturated rings. The molecule has 1 heteroatoms. The highest BCUT2D eigenvalue weighted by Gasteiger charge is 1.99. The first-order valence-electron chi connectivity index (χ1n) is 4.07. The van der Waals surface area contributed by atoms with Crippen LogP contribution in [0, 0.1) is 12.3 Å². The van der Waals surface area contributed by atoms with Crippen LogP contribution in [-0.2, 0) is 0 Å². The number of hydrogen-bond donors (Lipinski definition) is 1. The predicted octanol–water partition coefficient (Wildman–Crippen LogP) is 2.40. The predicted molar refractivity (Wildman–Crippen MR) is 56.3 cm³/mol. The van der Waals surface area contributed by atoms with Gasteiger partial charge in [0.05, 0.1) is 0 Å². The summed E-state index contributed by atoms with van der Waals surface area (Å²) < 4.78 is 0. The molecule has 0 unspecified atom stereocenters. The third-order valence-corrected chi connectivity index (χ3v) is 2.11. The molecule has 1 nitrogen and oxygen atoms in total. The van der Waals surface area contributed by atoms with Gasteiger partial charge in [0, 0.05) is 16.6 Å². The fourth-order valence-corrected chi connectivity index (χ4v) is 1.46. The molecule has 2 N–H and O–H groups in total. The number of fused-ring (bicyclic) bond motifs is 1. The molecule has 0 aliphatic heterocycles. The van der Waals surface area contributed by atoms with Gasteiger partial charge in [0.1, 0.15) is 0 Å². The number of hydrogen-bond acceptors (Lipinski definition) is 1. The number of nitrogen functional groups attached to an aromatic ring is 1. The molecule has 0 aromatic heterocycles. The van der Waals surface area contributed by atoms with Crippen molar-refractivity contribution in [3.8, 4) is 12.3 Å². The summed E-state index contributed by atoms with van der Waals surface area (Å²) in [6, 6.07) is 11.6. The van der Waals surface area contributed by atoms with Crippen molar-refractivity contribution >= 4 is 16.5 Å². The van der Waals surface area contributed by atoms with Crippen molar-refractivity contribution in [1.29, 1.82) is 0 Å². The lowest BCUT2D eigenvalue weighted by Gasteiger charge is -2.02. The van der Waals surface area contributed by atoms with E-state index in [-0.39, 0.29) is 0 Å². The van der Waals surface area contributed by atoms with Crippen molar-refractivity contribution in [2.45, 2.75) is 0 Å². The molecular formula is C12H9N. The van der Waals surface area contributed by atoms with Crippen LogP contribution in [0.1, 0.15) is 5.56 Å². The summed E-state index contributed by atoms with van der Waals surface area (Å²) in [6.45, 7) is 0. The Morgan fingerprint density at radius 2 is 1.69 bits per heavy atom. The molecule has 2 aromatic carbocycles. The Balaban J connectivity index is 2.94. The number of anilines is 1. The molecule has 0 bridgehead atoms. The molecule has 62 valence electrons. The zero-order valence-corrected chi connectivity index (χ0v) is 7.12. The lowest BCUT2D eigenvalue weighted by Crippen LogP contribution is -1.87. The summed E-state index contributed by atoms with van der Waals surface area (Å²) in [5.41, 5.74) is 7.48. The van der Waals surface area contributed by atoms with Gasteiger partial charge >= 0.3 is 0 Å². The van der Waals surface area contributed by atoms with Gasteiger partial charge in [-0.05, 0) is 17.5 Å². The molecule has 0 aliphatic rings. The van der Waals surface area contributed by atoms with E-state index in [1.165, 1.54) is 0 Å². The Morgan fingerprint density at radius 1 is 1.00 bits per heavy atom. The van der Waals surface area contributed by atoms with Crippen LogP contribution < -0.4 is 5.73 Å². The van der Waals surface area contributed by atoms with Gasteiger partial charge in [-0.2, -0.15) is 0 Å². The van der Waals surface area contributed by atoms with Crippen molar-refractivity contribution in [3.05, 3.63) is 42.0 Å². The second-order valence-electron chi connectivity index (χ2n) is 2.89. The molecule has 0 radical (unpaired) electrons. The second kappa shape index (κ2) is 2.84. The van der Waals surface area contributed by atoms with Crippen LogP contribution in [0.4, 0.5) is 5.69 Å². The summed E-state index contributed by atoms with van der Waals surface area (Å²) in [5, 5.41) is 2.07. The van der Waals surface area contributed by atoms with Crippen LogP contribution >= 0.6 is 0 Å². The zero-order chi connectivity index (χ0) is 9.26. The van der Waals surface area contributed by atoms with Crippen molar-refractivity contribution in [1.82, 2.24) is 0 Å². The molecular weight excluding hydrogens is 158 g/mol. The second-order valence-corrected chi connectivity index (χ2v) is 2.89. The highest BCUT2D eigenvalue weighted by molar-refractivity contribution is 5.96. The lowest BCUT2D eigenvalue weighted by molar-refractivity contribution is 1.69. The standard InChI is InChI=1S/C12H9N/c1-2-9-5-3-7-11-10(9)6-4-8-12(11)13/h1,3-8H,13H2. The van der Waals surface area contributed by atoms with Gasteiger partial charge in [0.15, 0.2) is 0 Å². The van der Waals surface area contributed by atoms with E-state index in [1.54, 1.807) is 0 Å². The van der Waals surface area contributed by atoms with Crippen molar-refractivity contribution in [2.75, 3.05) is 5.73 Å². The highest BCUT2D eigenvalue weighted by atomic mass is 14.5. The smallest absolute Gasteiger partial charge is 0.0394 e. The molecule has 13 heavy (non-hydrogen) atoms. The van der Waals surface area contributed by atoms with E-state index in [0.717, 1.165) is 22.0 Å². The van der Waals surface area contributed by atoms with E-state index in [0.29, 0.717) is 0 Å². The third kappa shape index (κ3) is 1.13. The lowest BCUT2D eigenvalue weighted by atomic mass is 10.0. The quantitative estimate of drug-likeness (QED) is 0.473. The maximum Gasteiger partial charge on any atom is 0.0394 e. The summed E-state index contributed by atoms with van der Waals surface area (Å²) in [4.78, 5) is 0. The van der Waals surface area contributed by atoms with Crippen LogP contribution in [0.25, 0.3) is 10.8 Å². The molecule has 0 atom stereocenters. The molecule has 0 saturated carbocycles. The van der Waals surface area contributed by atoms with Gasteiger partial charge in [0.2, 0.25) is 0 Å². The van der Waals surface area contributed by atoms with Crippen LogP contribution in [0.5, 0.6) is 0 Å². The minimum atomic E-state index is 0.773. The third-order valence-electron chi connectivity index (χ3n) is 2.11. The van der Waals surface area contributed by atoms with Crippen molar-refractivity contribution in [3.63, 3.8) is 0 Å². The topological polar surface area (TPSA) is 26.0 Å². The van der Waals surface area contributed by atoms with Crippen LogP contribution in [0.3, 0.4) is 0 Å². The van der Waals surface area contributed by atoms with Crippen molar-refractivity contribution < 1.29 is 0 Å². The average Bonchev–Trinajstić information content (AvgIpc) is 2.18.